The van der Waals surface area contributed by atoms with E-state index in [0.717, 1.165) is 53.9 Å². The zero-order valence-electron chi connectivity index (χ0n) is 17.2. The van der Waals surface area contributed by atoms with Crippen LogP contribution in [0.15, 0.2) is 71.0 Å². The minimum absolute atomic E-state index is 0.365. The van der Waals surface area contributed by atoms with Crippen molar-refractivity contribution in [3.63, 3.8) is 0 Å². The third kappa shape index (κ3) is 4.58. The number of nitrogens with one attached hydrogen (secondary N) is 2. The Labute approximate surface area is 176 Å². The van der Waals surface area contributed by atoms with Crippen molar-refractivity contribution in [1.29, 1.82) is 0 Å². The van der Waals surface area contributed by atoms with Gasteiger partial charge in [0.1, 0.15) is 0 Å². The molecule has 2 heterocycles. The summed E-state index contributed by atoms with van der Waals surface area (Å²) in [7, 11) is 0. The molecule has 0 unspecified atom stereocenters. The highest BCUT2D eigenvalue weighted by atomic mass is 15.3. The Hall–Kier alpha value is -3.45. The Kier molecular flexibility index (Phi) is 5.90. The molecule has 7 nitrogen and oxygen atoms in total. The molecule has 0 spiro atoms. The highest BCUT2D eigenvalue weighted by molar-refractivity contribution is 6.01. The number of hydrogen-bond acceptors (Lipinski definition) is 5. The molecule has 1 aromatic heterocycles. The van der Waals surface area contributed by atoms with Crippen LogP contribution in [0.25, 0.3) is 10.9 Å². The molecule has 4 rings (SSSR count). The molecule has 1 aliphatic heterocycles. The molecule has 154 valence electrons. The van der Waals surface area contributed by atoms with Gasteiger partial charge in [0, 0.05) is 42.3 Å². The highest BCUT2D eigenvalue weighted by Gasteiger charge is 2.19. The van der Waals surface area contributed by atoms with Crippen molar-refractivity contribution in [2.75, 3.05) is 19.6 Å². The third-order valence-corrected chi connectivity index (χ3v) is 5.41. The van der Waals surface area contributed by atoms with E-state index in [4.69, 9.17) is 5.73 Å². The molecule has 30 heavy (non-hydrogen) atoms. The molecule has 0 radical (unpaired) electrons. The fourth-order valence-corrected chi connectivity index (χ4v) is 3.72. The quantitative estimate of drug-likeness (QED) is 0.336. The first-order valence-electron chi connectivity index (χ1n) is 10.1. The van der Waals surface area contributed by atoms with Crippen LogP contribution in [-0.4, -0.2) is 52.8 Å². The van der Waals surface area contributed by atoms with Crippen LogP contribution in [0.4, 0.5) is 0 Å². The monoisotopic (exact) mass is 401 g/mol. The minimum Gasteiger partial charge on any atom is -0.382 e. The molecule has 3 aromatic rings. The summed E-state index contributed by atoms with van der Waals surface area (Å²) in [6.45, 7) is 8.81. The summed E-state index contributed by atoms with van der Waals surface area (Å²) in [5, 5.41) is 20.1. The van der Waals surface area contributed by atoms with Crippen LogP contribution in [0.3, 0.4) is 0 Å². The van der Waals surface area contributed by atoms with E-state index in [1.54, 1.807) is 6.21 Å². The molecule has 1 fully saturated rings. The summed E-state index contributed by atoms with van der Waals surface area (Å²) in [5.74, 6) is 0.365. The lowest BCUT2D eigenvalue weighted by atomic mass is 10.0. The number of nitrogens with two attached hydrogens (primary N) is 1. The van der Waals surface area contributed by atoms with Gasteiger partial charge in [0.2, 0.25) is 0 Å². The van der Waals surface area contributed by atoms with E-state index in [0.29, 0.717) is 11.9 Å². The Morgan fingerprint density at radius 2 is 2.13 bits per heavy atom. The number of nitrogens with zero attached hydrogens (tertiary/aromatic N) is 4. The van der Waals surface area contributed by atoms with Crippen molar-refractivity contribution in [2.24, 2.45) is 15.9 Å². The normalized spacial score (nSPS) is 17.7. The fourth-order valence-electron chi connectivity index (χ4n) is 3.72. The predicted octanol–water partition coefficient (Wildman–Crippen LogP) is 2.59. The van der Waals surface area contributed by atoms with Crippen LogP contribution < -0.4 is 11.1 Å². The largest absolute Gasteiger partial charge is 0.382 e. The van der Waals surface area contributed by atoms with E-state index in [1.165, 1.54) is 5.56 Å². The smallest absolute Gasteiger partial charge is 0.153 e. The number of benzene rings is 2. The standard InChI is InChI=1S/C23H27N7/c1-16(30-11-10-25-20(15-30)12-18-6-4-3-5-7-18)14-26-29-23(24)19-8-9-22-21(13-19)17(2)27-28-22/h3-9,13-14,20,25H,1,10-12,15H2,2H3,(H2,24,29)(H,27,28)/b26-14-/t20-/m0/s1. The number of piperazine rings is 1. The van der Waals surface area contributed by atoms with Crippen LogP contribution in [0, 0.1) is 6.92 Å². The number of hydrogen-bond donors (Lipinski definition) is 3. The molecule has 2 aromatic carbocycles. The Bertz CT molecular complexity index is 1080. The number of fused-ring (bicyclic) bond motifs is 1. The summed E-state index contributed by atoms with van der Waals surface area (Å²) < 4.78 is 0. The zero-order chi connectivity index (χ0) is 20.9. The molecule has 7 heteroatoms. The first-order valence-corrected chi connectivity index (χ1v) is 10.1. The van der Waals surface area contributed by atoms with Crippen LogP contribution in [0.1, 0.15) is 16.8 Å². The van der Waals surface area contributed by atoms with Crippen molar-refractivity contribution in [2.45, 2.75) is 19.4 Å². The molecule has 0 saturated carbocycles. The average molecular weight is 402 g/mol. The lowest BCUT2D eigenvalue weighted by Gasteiger charge is -2.35. The maximum atomic E-state index is 6.13. The molecular weight excluding hydrogens is 374 g/mol. The van der Waals surface area contributed by atoms with E-state index >= 15 is 0 Å². The number of aromatic nitrogens is 2. The number of allylic oxidation sites excluding steroid dienone is 1. The van der Waals surface area contributed by atoms with Crippen molar-refractivity contribution in [1.82, 2.24) is 20.4 Å². The lowest BCUT2D eigenvalue weighted by Crippen LogP contribution is -2.51. The van der Waals surface area contributed by atoms with Gasteiger partial charge in [-0.3, -0.25) is 5.10 Å². The molecular formula is C23H27N7. The van der Waals surface area contributed by atoms with Crippen molar-refractivity contribution in [3.05, 3.63) is 77.6 Å². The van der Waals surface area contributed by atoms with Gasteiger partial charge >= 0.3 is 0 Å². The van der Waals surface area contributed by atoms with Crippen molar-refractivity contribution in [3.8, 4) is 0 Å². The Morgan fingerprint density at radius 1 is 1.30 bits per heavy atom. The number of amidine groups is 1. The Balaban J connectivity index is 1.37. The van der Waals surface area contributed by atoms with Crippen LogP contribution in [0.5, 0.6) is 0 Å². The summed E-state index contributed by atoms with van der Waals surface area (Å²) >= 11 is 0. The average Bonchev–Trinajstić information content (AvgIpc) is 3.14. The minimum atomic E-state index is 0.365. The third-order valence-electron chi connectivity index (χ3n) is 5.41. The second-order valence-electron chi connectivity index (χ2n) is 7.58. The SMILES string of the molecule is C=C(/C=N\N=C(/N)c1ccc2[nH]nc(C)c2c1)N1CCN[C@@H](Cc2ccccc2)C1. The Morgan fingerprint density at radius 3 is 2.97 bits per heavy atom. The molecule has 1 atom stereocenters. The number of H-pyrrole nitrogens is 1. The summed E-state index contributed by atoms with van der Waals surface area (Å²) in [6, 6.07) is 16.7. The zero-order valence-corrected chi connectivity index (χ0v) is 17.2. The molecule has 0 bridgehead atoms. The molecule has 1 aliphatic rings. The first kappa shape index (κ1) is 19.8. The molecule has 0 amide bonds. The second kappa shape index (κ2) is 8.92. The topological polar surface area (TPSA) is 94.7 Å². The highest BCUT2D eigenvalue weighted by Crippen LogP contribution is 2.17. The van der Waals surface area contributed by atoms with Gasteiger partial charge in [-0.1, -0.05) is 36.9 Å². The maximum Gasteiger partial charge on any atom is 0.153 e. The van der Waals surface area contributed by atoms with Gasteiger partial charge in [0.15, 0.2) is 5.84 Å². The second-order valence-corrected chi connectivity index (χ2v) is 7.58. The van der Waals surface area contributed by atoms with Crippen LogP contribution in [-0.2, 0) is 6.42 Å². The van der Waals surface area contributed by atoms with Gasteiger partial charge in [-0.25, -0.2) is 0 Å². The van der Waals surface area contributed by atoms with Crippen molar-refractivity contribution >= 4 is 23.0 Å². The number of aryl methyl sites for hydroxylation is 1. The van der Waals surface area contributed by atoms with Gasteiger partial charge in [-0.15, -0.1) is 5.10 Å². The number of rotatable bonds is 6. The first-order chi connectivity index (χ1) is 14.6. The lowest BCUT2D eigenvalue weighted by molar-refractivity contribution is 0.256. The summed E-state index contributed by atoms with van der Waals surface area (Å²) in [5.41, 5.74) is 11.0. The van der Waals surface area contributed by atoms with Gasteiger partial charge in [-0.05, 0) is 37.1 Å². The van der Waals surface area contributed by atoms with E-state index in [1.807, 2.05) is 31.2 Å². The van der Waals surface area contributed by atoms with E-state index in [-0.39, 0.29) is 0 Å². The fraction of sp³-hybridized carbons (Fsp3) is 0.261. The number of aromatic amines is 1. The van der Waals surface area contributed by atoms with Crippen molar-refractivity contribution < 1.29 is 0 Å². The predicted molar refractivity (Wildman–Crippen MR) is 123 cm³/mol. The summed E-state index contributed by atoms with van der Waals surface area (Å²) in [6.07, 6.45) is 2.67. The summed E-state index contributed by atoms with van der Waals surface area (Å²) in [4.78, 5) is 2.24. The van der Waals surface area contributed by atoms with E-state index in [2.05, 4.69) is 61.5 Å². The van der Waals surface area contributed by atoms with Gasteiger partial charge in [-0.2, -0.15) is 10.2 Å². The van der Waals surface area contributed by atoms with Gasteiger partial charge in [0.25, 0.3) is 0 Å². The molecule has 1 saturated heterocycles. The van der Waals surface area contributed by atoms with E-state index < -0.39 is 0 Å². The van der Waals surface area contributed by atoms with Crippen LogP contribution >= 0.6 is 0 Å². The van der Waals surface area contributed by atoms with Crippen LogP contribution in [0.2, 0.25) is 0 Å². The maximum absolute atomic E-state index is 6.13. The van der Waals surface area contributed by atoms with Gasteiger partial charge < -0.3 is 16.0 Å². The van der Waals surface area contributed by atoms with E-state index in [9.17, 15) is 0 Å². The van der Waals surface area contributed by atoms with Gasteiger partial charge in [0.05, 0.1) is 17.4 Å². The molecule has 4 N–H and O–H groups in total. The molecule has 0 aliphatic carbocycles.